The maximum absolute atomic E-state index is 15.0. The number of hydrogen-bond donors (Lipinski definition) is 12. The van der Waals surface area contributed by atoms with Crippen molar-refractivity contribution in [1.82, 2.24) is 36.0 Å². The molecule has 1 aromatic carbocycles. The van der Waals surface area contributed by atoms with Crippen molar-refractivity contribution in [2.24, 2.45) is 11.8 Å². The molecule has 13 atom stereocenters. The van der Waals surface area contributed by atoms with Crippen LogP contribution in [0.3, 0.4) is 0 Å². The summed E-state index contributed by atoms with van der Waals surface area (Å²) in [6.45, 7) is 6.57. The van der Waals surface area contributed by atoms with E-state index >= 15 is 0 Å². The molecule has 3 saturated heterocycles. The zero-order valence-corrected chi connectivity index (χ0v) is 46.6. The summed E-state index contributed by atoms with van der Waals surface area (Å²) in [5.74, 6) is -9.58. The van der Waals surface area contributed by atoms with Crippen LogP contribution in [0.1, 0.15) is 45.6 Å². The Labute approximate surface area is 479 Å². The minimum absolute atomic E-state index is 0. The van der Waals surface area contributed by atoms with Crippen LogP contribution in [0.4, 0.5) is 9.59 Å². The second-order valence-corrected chi connectivity index (χ2v) is 19.2. The van der Waals surface area contributed by atoms with Gasteiger partial charge in [-0.25, -0.2) is 9.59 Å². The van der Waals surface area contributed by atoms with Crippen LogP contribution in [0.5, 0.6) is 11.5 Å². The largest absolute Gasteiger partial charge is 1.00 e. The fourth-order valence-corrected chi connectivity index (χ4v) is 9.05. The van der Waals surface area contributed by atoms with Crippen LogP contribution < -0.4 is 65.0 Å². The topological polar surface area (TPSA) is 435 Å². The monoisotopic (exact) mass is 1150 g/mol. The molecule has 7 amide bonds. The van der Waals surface area contributed by atoms with Crippen LogP contribution in [0, 0.1) is 11.8 Å². The summed E-state index contributed by atoms with van der Waals surface area (Å²) >= 11 is -0.0445. The standard InChI is InChI=1S/C47H69N7O23S.Na/c1-6-12-72-46(69)52(27(21-55)22-56)11-10-31(60)37-45(68)54-19-24(4)39(62)38(54)43(66)48-18-28(58)14-23(3)40(63)49-35(25(5)57)44(67)53-20-29(59)17-30(53)41(64)50-36(42(65)51-37)32(61)15-26-8-9-33(74-47(70)73-13-7-2)34(16-26)75-78-77-76-71;/h6-9,16,23-25,27-32,35-39,55-62,71H,1-2,10-15,17-22H2,3-5H3,(H,48,66)(H,49,63)(H,50,64)(H,51,65);/q;+1/p-1/t23?,24-,25+,28+,29+,30-,31+,32+,35-,36-,37-,38-,39-;/m0./s1. The number of hydrogen-bond acceptors (Lipinski definition) is 24. The number of nitrogens with one attached hydrogen (secondary N) is 4. The average Bonchev–Trinajstić information content (AvgIpc) is 4.05. The molecule has 3 aliphatic heterocycles. The molecule has 0 bridgehead atoms. The fraction of sp³-hybridized carbons (Fsp3) is 0.617. The van der Waals surface area contributed by atoms with E-state index in [1.807, 2.05) is 0 Å². The number of fused-ring (bicyclic) bond motifs is 2. The van der Waals surface area contributed by atoms with Crippen LogP contribution in [-0.4, -0.2) is 229 Å². The van der Waals surface area contributed by atoms with Crippen LogP contribution >= 0.6 is 12.3 Å². The van der Waals surface area contributed by atoms with Gasteiger partial charge in [0, 0.05) is 50.9 Å². The number of carbonyl (C=O) groups excluding carboxylic acids is 8. The molecule has 0 aliphatic carbocycles. The predicted molar refractivity (Wildman–Crippen MR) is 263 cm³/mol. The van der Waals surface area contributed by atoms with Crippen molar-refractivity contribution >= 4 is 60.0 Å². The molecule has 0 saturated carbocycles. The normalized spacial score (nSPS) is 26.5. The molecule has 1 unspecified atom stereocenters. The van der Waals surface area contributed by atoms with Crippen molar-refractivity contribution in [2.75, 3.05) is 52.6 Å². The van der Waals surface area contributed by atoms with E-state index in [1.54, 1.807) is 0 Å². The first-order valence-corrected chi connectivity index (χ1v) is 25.2. The molecule has 0 spiro atoms. The fourth-order valence-electron chi connectivity index (χ4n) is 8.80. The number of aliphatic hydroxyl groups is 8. The third kappa shape index (κ3) is 18.9. The number of β-amino-alcohol motifs (C(OH)–C–C–N with tert-alkyl or cyclic N) is 1. The van der Waals surface area contributed by atoms with E-state index in [0.29, 0.717) is 0 Å². The molecule has 3 heterocycles. The van der Waals surface area contributed by atoms with Crippen molar-refractivity contribution < 1.29 is 142 Å². The van der Waals surface area contributed by atoms with E-state index in [2.05, 4.69) is 43.8 Å². The first kappa shape index (κ1) is 68.0. The van der Waals surface area contributed by atoms with Gasteiger partial charge in [-0.15, -0.1) is 4.33 Å². The Morgan fingerprint density at radius 1 is 0.823 bits per heavy atom. The third-order valence-corrected chi connectivity index (χ3v) is 13.3. The van der Waals surface area contributed by atoms with Crippen LogP contribution in [0.2, 0.25) is 0 Å². The van der Waals surface area contributed by atoms with Crippen molar-refractivity contribution in [2.45, 2.75) is 119 Å². The van der Waals surface area contributed by atoms with Gasteiger partial charge < -0.3 is 100 Å². The van der Waals surface area contributed by atoms with Gasteiger partial charge in [-0.2, -0.15) is 0 Å². The van der Waals surface area contributed by atoms with Gasteiger partial charge in [-0.3, -0.25) is 33.8 Å². The molecular formula is C47H68N7NaO23S. The summed E-state index contributed by atoms with van der Waals surface area (Å²) in [6.07, 6.45) is -12.4. The van der Waals surface area contributed by atoms with Gasteiger partial charge in [-0.05, 0) is 37.5 Å². The second kappa shape index (κ2) is 32.9. The summed E-state index contributed by atoms with van der Waals surface area (Å²) in [5, 5.41) is 111. The predicted octanol–water partition coefficient (Wildman–Crippen LogP) is -8.29. The summed E-state index contributed by atoms with van der Waals surface area (Å²) in [6, 6.07) is -7.51. The first-order valence-electron chi connectivity index (χ1n) is 24.5. The summed E-state index contributed by atoms with van der Waals surface area (Å²) in [4.78, 5) is 114. The molecule has 79 heavy (non-hydrogen) atoms. The van der Waals surface area contributed by atoms with Gasteiger partial charge in [0.2, 0.25) is 35.4 Å². The van der Waals surface area contributed by atoms with E-state index in [4.69, 9.17) is 18.4 Å². The van der Waals surface area contributed by atoms with E-state index in [1.165, 1.54) is 32.1 Å². The Morgan fingerprint density at radius 2 is 1.46 bits per heavy atom. The van der Waals surface area contributed by atoms with Crippen molar-refractivity contribution in [3.63, 3.8) is 0 Å². The van der Waals surface area contributed by atoms with E-state index in [-0.39, 0.29) is 78.6 Å². The molecule has 30 nitrogen and oxygen atoms in total. The first-order chi connectivity index (χ1) is 37.0. The number of carbonyl (C=O) groups is 8. The Morgan fingerprint density at radius 3 is 2.09 bits per heavy atom. The smallest absolute Gasteiger partial charge is 0.691 e. The molecule has 436 valence electrons. The molecule has 1 aromatic rings. The quantitative estimate of drug-likeness (QED) is 0.00843. The molecule has 32 heteroatoms. The number of benzene rings is 1. The van der Waals surface area contributed by atoms with Gasteiger partial charge in [0.05, 0.1) is 55.9 Å². The minimum atomic E-state index is -2.24. The Kier molecular flexibility index (Phi) is 28.3. The number of nitrogens with zero attached hydrogens (tertiary/aromatic N) is 3. The van der Waals surface area contributed by atoms with E-state index in [0.717, 1.165) is 33.8 Å². The number of ether oxygens (including phenoxy) is 3. The van der Waals surface area contributed by atoms with Crippen LogP contribution in [-0.2, 0) is 54.0 Å². The molecule has 4 rings (SSSR count). The maximum atomic E-state index is 15.0. The Hall–Kier alpha value is -5.23. The van der Waals surface area contributed by atoms with Gasteiger partial charge in [0.1, 0.15) is 43.4 Å². The van der Waals surface area contributed by atoms with Gasteiger partial charge in [0.15, 0.2) is 11.5 Å². The summed E-state index contributed by atoms with van der Waals surface area (Å²) < 4.78 is 24.5. The molecular weight excluding hydrogens is 1090 g/mol. The van der Waals surface area contributed by atoms with Crippen molar-refractivity contribution in [1.29, 1.82) is 0 Å². The second-order valence-electron chi connectivity index (χ2n) is 18.8. The van der Waals surface area contributed by atoms with Gasteiger partial charge >= 0.3 is 41.8 Å². The molecule has 3 fully saturated rings. The SMILES string of the molecule is C=CCOC(=O)Oc1ccc(C[C@@H](O)[C@@H]2NC(=O)[C@@H]3C[C@@H](O)CN3C(=O)[C@H]([C@@H](C)O)NC(=O)C(C)C[C@@H](O)CNC(=O)[C@@H]3[C@@H](O)[C@@H](C)CN3C(=O)[C@H]([C@H](O)CCN(C(=O)OCC=C)C(CO)CO)NC2=O)cc1OSOO[O-].[Na+]. The maximum Gasteiger partial charge on any atom is 1.00 e. The molecule has 0 radical (unpaired) electrons. The van der Waals surface area contributed by atoms with Gasteiger partial charge in [-0.1, -0.05) is 45.2 Å². The molecule has 3 aliphatic rings. The number of amides is 7. The number of rotatable bonds is 20. The zero-order valence-electron chi connectivity index (χ0n) is 43.8. The van der Waals surface area contributed by atoms with Gasteiger partial charge in [0.25, 0.3) is 12.3 Å². The average molecular weight is 1150 g/mol. The Balaban J connectivity index is 0.0000164. The van der Waals surface area contributed by atoms with Crippen LogP contribution in [0.15, 0.2) is 43.5 Å². The minimum Gasteiger partial charge on any atom is -0.691 e. The Bertz CT molecular complexity index is 2270. The summed E-state index contributed by atoms with van der Waals surface area (Å²) in [5.41, 5.74) is 0.0209. The summed E-state index contributed by atoms with van der Waals surface area (Å²) in [7, 11) is 0. The van der Waals surface area contributed by atoms with Crippen LogP contribution in [0.25, 0.3) is 0 Å². The van der Waals surface area contributed by atoms with Crippen molar-refractivity contribution in [3.05, 3.63) is 49.1 Å². The number of aliphatic hydroxyl groups excluding tert-OH is 8. The van der Waals surface area contributed by atoms with E-state index < -0.39 is 191 Å². The molecule has 0 aromatic heterocycles. The third-order valence-electron chi connectivity index (χ3n) is 12.9. The molecule has 12 N–H and O–H groups in total. The zero-order chi connectivity index (χ0) is 58.0. The van der Waals surface area contributed by atoms with E-state index in [9.17, 15) is 84.5 Å². The van der Waals surface area contributed by atoms with Crippen molar-refractivity contribution in [3.8, 4) is 11.5 Å².